The average Bonchev–Trinajstić information content (AvgIpc) is 3.22. The standard InChI is InChI=1S/C21H15F2N7/c1-11(28-21-19-20(25-9-24-19)26-10-27-21)14-7-12-5-6-13(22)8-16(12)30-18(14)15-3-2-4-17(23)29-15/h2-11H,1H3,(H2,24,25,26,27,28)/t11-/m0/s1. The molecule has 0 bridgehead atoms. The van der Waals surface area contributed by atoms with Crippen LogP contribution in [0.25, 0.3) is 33.5 Å². The molecular formula is C21H15F2N7. The van der Waals surface area contributed by atoms with Gasteiger partial charge >= 0.3 is 0 Å². The minimum Gasteiger partial charge on any atom is -0.362 e. The highest BCUT2D eigenvalue weighted by atomic mass is 19.1. The molecule has 2 N–H and O–H groups in total. The first-order chi connectivity index (χ1) is 14.6. The van der Waals surface area contributed by atoms with Crippen LogP contribution in [-0.2, 0) is 0 Å². The van der Waals surface area contributed by atoms with E-state index in [0.717, 1.165) is 10.9 Å². The number of hydrogen-bond acceptors (Lipinski definition) is 6. The molecule has 0 spiro atoms. The van der Waals surface area contributed by atoms with Gasteiger partial charge in [0.05, 0.1) is 29.3 Å². The predicted molar refractivity (Wildman–Crippen MR) is 109 cm³/mol. The molecule has 0 saturated carbocycles. The second-order valence-corrected chi connectivity index (χ2v) is 6.80. The summed E-state index contributed by atoms with van der Waals surface area (Å²) in [5.74, 6) is -0.438. The number of hydrogen-bond donors (Lipinski definition) is 2. The van der Waals surface area contributed by atoms with Crippen LogP contribution in [0.5, 0.6) is 0 Å². The number of aromatic nitrogens is 6. The summed E-state index contributed by atoms with van der Waals surface area (Å²) in [5, 5.41) is 4.09. The zero-order valence-electron chi connectivity index (χ0n) is 15.8. The molecule has 0 aliphatic heterocycles. The van der Waals surface area contributed by atoms with E-state index in [0.29, 0.717) is 33.9 Å². The number of aromatic amines is 1. The van der Waals surface area contributed by atoms with Crippen molar-refractivity contribution in [1.82, 2.24) is 29.9 Å². The largest absolute Gasteiger partial charge is 0.362 e. The van der Waals surface area contributed by atoms with Crippen LogP contribution in [0.4, 0.5) is 14.6 Å². The quantitative estimate of drug-likeness (QED) is 0.432. The molecule has 0 saturated heterocycles. The topological polar surface area (TPSA) is 92.3 Å². The SMILES string of the molecule is C[C@H](Nc1ncnc2nc[nH]c12)c1cc2ccc(F)cc2nc1-c1cccc(F)n1. The second-order valence-electron chi connectivity index (χ2n) is 6.80. The van der Waals surface area contributed by atoms with Crippen LogP contribution in [0.1, 0.15) is 18.5 Å². The smallest absolute Gasteiger partial charge is 0.213 e. The maximum absolute atomic E-state index is 13.8. The van der Waals surface area contributed by atoms with Crippen LogP contribution in [0.15, 0.2) is 55.1 Å². The number of H-pyrrole nitrogens is 1. The van der Waals surface area contributed by atoms with E-state index < -0.39 is 11.8 Å². The van der Waals surface area contributed by atoms with Gasteiger partial charge in [0, 0.05) is 17.0 Å². The van der Waals surface area contributed by atoms with Gasteiger partial charge in [-0.1, -0.05) is 6.07 Å². The number of fused-ring (bicyclic) bond motifs is 2. The summed E-state index contributed by atoms with van der Waals surface area (Å²) in [6.45, 7) is 1.93. The zero-order valence-corrected chi connectivity index (χ0v) is 15.8. The van der Waals surface area contributed by atoms with E-state index in [4.69, 9.17) is 0 Å². The van der Waals surface area contributed by atoms with Gasteiger partial charge in [-0.05, 0) is 37.3 Å². The Kier molecular flexibility index (Phi) is 4.27. The summed E-state index contributed by atoms with van der Waals surface area (Å²) in [7, 11) is 0. The lowest BCUT2D eigenvalue weighted by molar-refractivity contribution is 0.585. The molecule has 0 amide bonds. The Bertz CT molecular complexity index is 1380. The number of nitrogens with one attached hydrogen (secondary N) is 2. The molecule has 0 fully saturated rings. The van der Waals surface area contributed by atoms with Crippen LogP contribution in [0.2, 0.25) is 0 Å². The fraction of sp³-hybridized carbons (Fsp3) is 0.0952. The van der Waals surface area contributed by atoms with Crippen molar-refractivity contribution in [2.24, 2.45) is 0 Å². The molecule has 7 nitrogen and oxygen atoms in total. The summed E-state index contributed by atoms with van der Waals surface area (Å²) in [6, 6.07) is 10.5. The molecule has 0 aliphatic rings. The van der Waals surface area contributed by atoms with Crippen LogP contribution < -0.4 is 5.32 Å². The summed E-state index contributed by atoms with van der Waals surface area (Å²) < 4.78 is 27.6. The molecule has 0 unspecified atom stereocenters. The molecule has 9 heteroatoms. The summed E-state index contributed by atoms with van der Waals surface area (Å²) in [6.07, 6.45) is 2.97. The van der Waals surface area contributed by atoms with Gasteiger partial charge in [0.1, 0.15) is 17.7 Å². The van der Waals surface area contributed by atoms with E-state index in [2.05, 4.69) is 35.2 Å². The Hall–Kier alpha value is -4.01. The third-order valence-corrected chi connectivity index (χ3v) is 4.81. The lowest BCUT2D eigenvalue weighted by Crippen LogP contribution is -2.11. The van der Waals surface area contributed by atoms with Crippen LogP contribution in [0.3, 0.4) is 0 Å². The summed E-state index contributed by atoms with van der Waals surface area (Å²) in [5.41, 5.74) is 3.26. The third kappa shape index (κ3) is 3.20. The maximum Gasteiger partial charge on any atom is 0.213 e. The van der Waals surface area contributed by atoms with Crippen molar-refractivity contribution >= 4 is 27.9 Å². The first-order valence-corrected chi connectivity index (χ1v) is 9.22. The van der Waals surface area contributed by atoms with E-state index in [1.165, 1.54) is 24.5 Å². The zero-order chi connectivity index (χ0) is 20.7. The highest BCUT2D eigenvalue weighted by molar-refractivity contribution is 5.85. The minimum atomic E-state index is -0.616. The molecule has 1 atom stereocenters. The molecule has 5 aromatic rings. The van der Waals surface area contributed by atoms with E-state index >= 15 is 0 Å². The van der Waals surface area contributed by atoms with Gasteiger partial charge in [0.15, 0.2) is 11.5 Å². The van der Waals surface area contributed by atoms with Crippen molar-refractivity contribution in [3.05, 3.63) is 72.4 Å². The fourth-order valence-electron chi connectivity index (χ4n) is 3.39. The highest BCUT2D eigenvalue weighted by Gasteiger charge is 2.18. The number of imidazole rings is 1. The van der Waals surface area contributed by atoms with Crippen molar-refractivity contribution in [2.75, 3.05) is 5.32 Å². The van der Waals surface area contributed by atoms with Crippen molar-refractivity contribution in [3.8, 4) is 11.4 Å². The molecule has 5 rings (SSSR count). The first-order valence-electron chi connectivity index (χ1n) is 9.22. The summed E-state index contributed by atoms with van der Waals surface area (Å²) >= 11 is 0. The number of benzene rings is 1. The van der Waals surface area contributed by atoms with Crippen LogP contribution >= 0.6 is 0 Å². The Morgan fingerprint density at radius 2 is 1.90 bits per heavy atom. The lowest BCUT2D eigenvalue weighted by Gasteiger charge is -2.19. The van der Waals surface area contributed by atoms with Crippen LogP contribution in [0, 0.1) is 11.8 Å². The Morgan fingerprint density at radius 3 is 2.77 bits per heavy atom. The second kappa shape index (κ2) is 7.11. The van der Waals surface area contributed by atoms with Gasteiger partial charge in [0.25, 0.3) is 0 Å². The molecule has 1 aromatic carbocycles. The van der Waals surface area contributed by atoms with Gasteiger partial charge in [-0.15, -0.1) is 0 Å². The molecule has 0 radical (unpaired) electrons. The summed E-state index contributed by atoms with van der Waals surface area (Å²) in [4.78, 5) is 24.1. The molecule has 148 valence electrons. The van der Waals surface area contributed by atoms with Gasteiger partial charge in [0.2, 0.25) is 5.95 Å². The van der Waals surface area contributed by atoms with E-state index in [1.807, 2.05) is 13.0 Å². The first kappa shape index (κ1) is 18.0. The average molecular weight is 403 g/mol. The molecule has 30 heavy (non-hydrogen) atoms. The normalized spacial score (nSPS) is 12.4. The molecule has 0 aliphatic carbocycles. The van der Waals surface area contributed by atoms with E-state index in [1.54, 1.807) is 24.5 Å². The van der Waals surface area contributed by atoms with Gasteiger partial charge in [-0.3, -0.25) is 0 Å². The Labute approximate surface area is 169 Å². The Balaban J connectivity index is 1.65. The number of rotatable bonds is 4. The van der Waals surface area contributed by atoms with Crippen LogP contribution in [-0.4, -0.2) is 29.9 Å². The van der Waals surface area contributed by atoms with Crippen molar-refractivity contribution in [1.29, 1.82) is 0 Å². The van der Waals surface area contributed by atoms with E-state index in [-0.39, 0.29) is 6.04 Å². The number of halogens is 2. The van der Waals surface area contributed by atoms with Crippen molar-refractivity contribution < 1.29 is 8.78 Å². The molecule has 4 aromatic heterocycles. The monoisotopic (exact) mass is 403 g/mol. The van der Waals surface area contributed by atoms with Crippen molar-refractivity contribution in [3.63, 3.8) is 0 Å². The fourth-order valence-corrected chi connectivity index (χ4v) is 3.39. The third-order valence-electron chi connectivity index (χ3n) is 4.81. The molecule has 4 heterocycles. The minimum absolute atomic E-state index is 0.284. The highest BCUT2D eigenvalue weighted by Crippen LogP contribution is 2.31. The number of anilines is 1. The van der Waals surface area contributed by atoms with Gasteiger partial charge < -0.3 is 10.3 Å². The maximum atomic E-state index is 13.8. The van der Waals surface area contributed by atoms with Crippen molar-refractivity contribution in [2.45, 2.75) is 13.0 Å². The predicted octanol–water partition coefficient (Wildman–Crippen LogP) is 4.41. The number of nitrogens with zero attached hydrogens (tertiary/aromatic N) is 5. The number of pyridine rings is 2. The molecular weight excluding hydrogens is 388 g/mol. The van der Waals surface area contributed by atoms with Gasteiger partial charge in [-0.2, -0.15) is 4.39 Å². The lowest BCUT2D eigenvalue weighted by atomic mass is 10.0. The Morgan fingerprint density at radius 1 is 1.00 bits per heavy atom. The van der Waals surface area contributed by atoms with Gasteiger partial charge in [-0.25, -0.2) is 29.3 Å². The van der Waals surface area contributed by atoms with E-state index in [9.17, 15) is 8.78 Å².